The van der Waals surface area contributed by atoms with Gasteiger partial charge in [0, 0.05) is 32.0 Å². The van der Waals surface area contributed by atoms with Crippen LogP contribution in [0.1, 0.15) is 41.7 Å². The van der Waals surface area contributed by atoms with Gasteiger partial charge in [0.15, 0.2) is 17.2 Å². The van der Waals surface area contributed by atoms with Gasteiger partial charge in [-0.2, -0.15) is 0 Å². The summed E-state index contributed by atoms with van der Waals surface area (Å²) in [4.78, 5) is 18.1. The van der Waals surface area contributed by atoms with E-state index in [-0.39, 0.29) is 12.0 Å². The molecule has 1 saturated heterocycles. The molecule has 7 nitrogen and oxygen atoms in total. The third-order valence-corrected chi connectivity index (χ3v) is 6.71. The van der Waals surface area contributed by atoms with Crippen molar-refractivity contribution in [2.75, 3.05) is 18.0 Å². The summed E-state index contributed by atoms with van der Waals surface area (Å²) >= 11 is 0. The standard InChI is InChI=1S/C23H25N5O2/c1-14-10-20(23(29)25-21-15-11-16(21)12-15)26-27-22(14)28-8-6-18(7-9-28)30-19-5-3-4-17(13-19)24-2/h3-5,10,13,15-16,18,21H,6-9,11-12H2,1H3,(H,25,29). The van der Waals surface area contributed by atoms with Crippen LogP contribution in [0.4, 0.5) is 11.5 Å². The van der Waals surface area contributed by atoms with Gasteiger partial charge in [-0.25, -0.2) is 4.85 Å². The smallest absolute Gasteiger partial charge is 0.272 e. The maximum Gasteiger partial charge on any atom is 0.272 e. The Kier molecular flexibility index (Phi) is 4.78. The Morgan fingerprint density at radius 3 is 2.60 bits per heavy atom. The molecule has 0 atom stereocenters. The zero-order valence-electron chi connectivity index (χ0n) is 17.0. The highest BCUT2D eigenvalue weighted by atomic mass is 16.5. The van der Waals surface area contributed by atoms with E-state index in [0.717, 1.165) is 43.1 Å². The number of nitrogens with one attached hydrogen (secondary N) is 1. The van der Waals surface area contributed by atoms with Crippen molar-refractivity contribution in [2.45, 2.75) is 44.8 Å². The van der Waals surface area contributed by atoms with Crippen molar-refractivity contribution in [3.63, 3.8) is 0 Å². The molecule has 1 aromatic heterocycles. The number of ether oxygens (including phenoxy) is 1. The number of carbonyl (C=O) groups is 1. The Bertz CT molecular complexity index is 995. The molecule has 1 amide bonds. The normalized spacial score (nSPS) is 24.9. The van der Waals surface area contributed by atoms with E-state index >= 15 is 0 Å². The topological polar surface area (TPSA) is 71.7 Å². The summed E-state index contributed by atoms with van der Waals surface area (Å²) in [6.45, 7) is 10.7. The number of aryl methyl sites for hydroxylation is 1. The molecule has 0 spiro atoms. The summed E-state index contributed by atoms with van der Waals surface area (Å²) in [6.07, 6.45) is 4.39. The Balaban J connectivity index is 1.17. The molecule has 4 aliphatic rings. The first-order valence-corrected chi connectivity index (χ1v) is 10.6. The van der Waals surface area contributed by atoms with E-state index in [2.05, 4.69) is 25.3 Å². The van der Waals surface area contributed by atoms with Crippen LogP contribution in [-0.2, 0) is 0 Å². The van der Waals surface area contributed by atoms with Crippen LogP contribution >= 0.6 is 0 Å². The molecular formula is C23H25N5O2. The molecule has 0 radical (unpaired) electrons. The van der Waals surface area contributed by atoms with Crippen molar-refractivity contribution in [1.29, 1.82) is 0 Å². The number of carbonyl (C=O) groups excluding carboxylic acids is 1. The molecule has 2 heterocycles. The molecule has 7 heteroatoms. The maximum absolute atomic E-state index is 12.5. The highest BCUT2D eigenvalue weighted by Gasteiger charge is 2.53. The average molecular weight is 403 g/mol. The van der Waals surface area contributed by atoms with Crippen LogP contribution in [0.15, 0.2) is 30.3 Å². The number of hydrogen-bond donors (Lipinski definition) is 1. The van der Waals surface area contributed by atoms with E-state index in [9.17, 15) is 4.79 Å². The largest absolute Gasteiger partial charge is 0.492 e. The minimum Gasteiger partial charge on any atom is -0.492 e. The summed E-state index contributed by atoms with van der Waals surface area (Å²) in [5, 5.41) is 11.7. The van der Waals surface area contributed by atoms with Crippen LogP contribution in [0.2, 0.25) is 0 Å². The van der Waals surface area contributed by atoms with E-state index in [1.54, 1.807) is 12.1 Å². The first-order chi connectivity index (χ1) is 14.6. The van der Waals surface area contributed by atoms with Crippen molar-refractivity contribution in [3.05, 3.63) is 53.0 Å². The van der Waals surface area contributed by atoms with Crippen molar-refractivity contribution >= 4 is 17.4 Å². The highest BCUT2D eigenvalue weighted by molar-refractivity contribution is 5.93. The van der Waals surface area contributed by atoms with Crippen LogP contribution in [0.5, 0.6) is 5.75 Å². The second-order valence-corrected chi connectivity index (χ2v) is 8.64. The first kappa shape index (κ1) is 18.9. The number of hydrogen-bond acceptors (Lipinski definition) is 5. The van der Waals surface area contributed by atoms with Gasteiger partial charge < -0.3 is 15.0 Å². The lowest BCUT2D eigenvalue weighted by Gasteiger charge is -2.58. The lowest BCUT2D eigenvalue weighted by molar-refractivity contribution is -0.0367. The van der Waals surface area contributed by atoms with E-state index in [1.807, 2.05) is 25.1 Å². The second kappa shape index (κ2) is 7.60. The molecule has 1 aromatic carbocycles. The van der Waals surface area contributed by atoms with Crippen LogP contribution in [-0.4, -0.2) is 41.3 Å². The van der Waals surface area contributed by atoms with Gasteiger partial charge in [0.25, 0.3) is 5.91 Å². The predicted molar refractivity (Wildman–Crippen MR) is 113 cm³/mol. The van der Waals surface area contributed by atoms with Gasteiger partial charge in [-0.1, -0.05) is 12.1 Å². The highest BCUT2D eigenvalue weighted by Crippen LogP contribution is 2.53. The molecule has 6 rings (SSSR count). The lowest BCUT2D eigenvalue weighted by atomic mass is 9.52. The molecule has 2 bridgehead atoms. The Hall–Kier alpha value is -3.14. The Morgan fingerprint density at radius 2 is 1.97 bits per heavy atom. The monoisotopic (exact) mass is 403 g/mol. The van der Waals surface area contributed by atoms with Crippen LogP contribution < -0.4 is 15.0 Å². The third-order valence-electron chi connectivity index (χ3n) is 6.71. The van der Waals surface area contributed by atoms with Crippen molar-refractivity contribution < 1.29 is 9.53 Å². The predicted octanol–water partition coefficient (Wildman–Crippen LogP) is 3.52. The molecule has 30 heavy (non-hydrogen) atoms. The van der Waals surface area contributed by atoms with E-state index < -0.39 is 0 Å². The number of nitrogens with zero attached hydrogens (tertiary/aromatic N) is 4. The Labute approximate surface area is 176 Å². The minimum absolute atomic E-state index is 0.106. The lowest BCUT2D eigenvalue weighted by Crippen LogP contribution is -2.63. The number of amides is 1. The van der Waals surface area contributed by atoms with E-state index in [1.165, 1.54) is 12.8 Å². The van der Waals surface area contributed by atoms with Crippen LogP contribution in [0, 0.1) is 25.3 Å². The number of piperidine rings is 1. The molecule has 1 N–H and O–H groups in total. The number of rotatable bonds is 5. The summed E-state index contributed by atoms with van der Waals surface area (Å²) < 4.78 is 6.07. The fraction of sp³-hybridized carbons (Fsp3) is 0.478. The summed E-state index contributed by atoms with van der Waals surface area (Å²) in [7, 11) is 0. The molecule has 1 aliphatic heterocycles. The van der Waals surface area contributed by atoms with Gasteiger partial charge in [0.2, 0.25) is 0 Å². The number of anilines is 1. The molecule has 3 aliphatic carbocycles. The molecule has 4 fully saturated rings. The first-order valence-electron chi connectivity index (χ1n) is 10.6. The SMILES string of the molecule is [C-]#[N+]c1cccc(OC2CCN(c3nnc(C(=O)NC4C5CC4C5)cc3C)CC2)c1. The van der Waals surface area contributed by atoms with Gasteiger partial charge in [-0.3, -0.25) is 4.79 Å². The summed E-state index contributed by atoms with van der Waals surface area (Å²) in [6, 6.07) is 9.51. The van der Waals surface area contributed by atoms with Gasteiger partial charge in [-0.05, 0) is 55.4 Å². The fourth-order valence-electron chi connectivity index (χ4n) is 4.66. The van der Waals surface area contributed by atoms with Gasteiger partial charge in [0.05, 0.1) is 6.57 Å². The minimum atomic E-state index is -0.106. The number of aromatic nitrogens is 2. The van der Waals surface area contributed by atoms with Crippen molar-refractivity contribution in [2.24, 2.45) is 11.8 Å². The molecular weight excluding hydrogens is 378 g/mol. The van der Waals surface area contributed by atoms with Crippen molar-refractivity contribution in [1.82, 2.24) is 15.5 Å². The number of benzene rings is 1. The maximum atomic E-state index is 12.5. The average Bonchev–Trinajstić information content (AvgIpc) is 2.71. The van der Waals surface area contributed by atoms with Crippen LogP contribution in [0.25, 0.3) is 4.85 Å². The van der Waals surface area contributed by atoms with Crippen molar-refractivity contribution in [3.8, 4) is 5.75 Å². The molecule has 0 unspecified atom stereocenters. The van der Waals surface area contributed by atoms with Gasteiger partial charge in [-0.15, -0.1) is 10.2 Å². The summed E-state index contributed by atoms with van der Waals surface area (Å²) in [5.41, 5.74) is 1.97. The molecule has 154 valence electrons. The van der Waals surface area contributed by atoms with Crippen LogP contribution in [0.3, 0.4) is 0 Å². The Morgan fingerprint density at radius 1 is 1.20 bits per heavy atom. The third kappa shape index (κ3) is 3.47. The zero-order valence-corrected chi connectivity index (χ0v) is 17.0. The fourth-order valence-corrected chi connectivity index (χ4v) is 4.66. The molecule has 3 saturated carbocycles. The van der Waals surface area contributed by atoms with E-state index in [4.69, 9.17) is 11.3 Å². The zero-order chi connectivity index (χ0) is 20.7. The summed E-state index contributed by atoms with van der Waals surface area (Å²) in [5.74, 6) is 2.84. The quantitative estimate of drug-likeness (QED) is 0.774. The van der Waals surface area contributed by atoms with Gasteiger partial charge >= 0.3 is 0 Å². The van der Waals surface area contributed by atoms with E-state index in [0.29, 0.717) is 29.3 Å². The van der Waals surface area contributed by atoms with Gasteiger partial charge in [0.1, 0.15) is 11.9 Å². The molecule has 2 aromatic rings. The second-order valence-electron chi connectivity index (χ2n) is 8.64.